The molecule has 0 aliphatic heterocycles. The van der Waals surface area contributed by atoms with E-state index in [-0.39, 0.29) is 17.2 Å². The number of carbonyl (C=O) groups excluding carboxylic acids is 1. The number of nitrogens with zero attached hydrogens (tertiary/aromatic N) is 1. The van der Waals surface area contributed by atoms with Gasteiger partial charge < -0.3 is 16.0 Å². The fourth-order valence-corrected chi connectivity index (χ4v) is 1.69. The third-order valence-corrected chi connectivity index (χ3v) is 2.87. The fourth-order valence-electron chi connectivity index (χ4n) is 1.69. The number of nitrogen functional groups attached to an aromatic ring is 1. The molecule has 0 heterocycles. The standard InChI is InChI=1S/C13H20FN3O/c1-3-17(4-2)8-7-16-13(18)11-9-10(14)5-6-12(11)15/h5-6,9H,3-4,7-8,15H2,1-2H3,(H,16,18). The number of hydrogen-bond donors (Lipinski definition) is 2. The quantitative estimate of drug-likeness (QED) is 0.755. The number of halogens is 1. The average molecular weight is 253 g/mol. The summed E-state index contributed by atoms with van der Waals surface area (Å²) in [6, 6.07) is 3.79. The maximum Gasteiger partial charge on any atom is 0.253 e. The average Bonchev–Trinajstić information content (AvgIpc) is 2.37. The van der Waals surface area contributed by atoms with E-state index in [4.69, 9.17) is 5.73 Å². The Hall–Kier alpha value is -1.62. The highest BCUT2D eigenvalue weighted by Crippen LogP contribution is 2.12. The number of nitrogens with two attached hydrogens (primary N) is 1. The molecule has 1 rings (SSSR count). The monoisotopic (exact) mass is 253 g/mol. The van der Waals surface area contributed by atoms with Crippen LogP contribution < -0.4 is 11.1 Å². The number of benzene rings is 1. The lowest BCUT2D eigenvalue weighted by Gasteiger charge is -2.18. The molecule has 4 nitrogen and oxygen atoms in total. The van der Waals surface area contributed by atoms with E-state index in [1.807, 2.05) is 0 Å². The minimum Gasteiger partial charge on any atom is -0.398 e. The van der Waals surface area contributed by atoms with Gasteiger partial charge in [0.05, 0.1) is 5.56 Å². The highest BCUT2D eigenvalue weighted by Gasteiger charge is 2.10. The van der Waals surface area contributed by atoms with Crippen molar-refractivity contribution in [3.05, 3.63) is 29.6 Å². The predicted octanol–water partition coefficient (Wildman–Crippen LogP) is 1.48. The molecule has 0 aromatic heterocycles. The Kier molecular flexibility index (Phi) is 5.58. The summed E-state index contributed by atoms with van der Waals surface area (Å²) in [5, 5.41) is 2.74. The Balaban J connectivity index is 2.53. The van der Waals surface area contributed by atoms with Crippen LogP contribution in [0.3, 0.4) is 0 Å². The number of carbonyl (C=O) groups is 1. The van der Waals surface area contributed by atoms with Gasteiger partial charge in [-0.3, -0.25) is 4.79 Å². The summed E-state index contributed by atoms with van der Waals surface area (Å²) >= 11 is 0. The van der Waals surface area contributed by atoms with E-state index in [1.165, 1.54) is 12.1 Å². The lowest BCUT2D eigenvalue weighted by Crippen LogP contribution is -2.35. The molecule has 0 bridgehead atoms. The highest BCUT2D eigenvalue weighted by atomic mass is 19.1. The van der Waals surface area contributed by atoms with Crippen LogP contribution in [0.1, 0.15) is 24.2 Å². The summed E-state index contributed by atoms with van der Waals surface area (Å²) in [4.78, 5) is 14.0. The molecule has 1 aromatic carbocycles. The highest BCUT2D eigenvalue weighted by molar-refractivity contribution is 5.99. The van der Waals surface area contributed by atoms with Crippen LogP contribution in [0.5, 0.6) is 0 Å². The minimum atomic E-state index is -0.460. The Morgan fingerprint density at radius 3 is 2.67 bits per heavy atom. The van der Waals surface area contributed by atoms with E-state index in [1.54, 1.807) is 0 Å². The minimum absolute atomic E-state index is 0.189. The van der Waals surface area contributed by atoms with Crippen LogP contribution >= 0.6 is 0 Å². The molecule has 0 saturated carbocycles. The summed E-state index contributed by atoms with van der Waals surface area (Å²) in [5.41, 5.74) is 6.11. The van der Waals surface area contributed by atoms with Gasteiger partial charge in [-0.05, 0) is 31.3 Å². The second-order valence-electron chi connectivity index (χ2n) is 4.01. The number of likely N-dealkylation sites (N-methyl/N-ethyl adjacent to an activating group) is 1. The van der Waals surface area contributed by atoms with Crippen molar-refractivity contribution in [3.63, 3.8) is 0 Å². The molecular formula is C13H20FN3O. The molecule has 0 atom stereocenters. The number of nitrogens with one attached hydrogen (secondary N) is 1. The van der Waals surface area contributed by atoms with Gasteiger partial charge in [-0.25, -0.2) is 4.39 Å². The number of anilines is 1. The Labute approximate surface area is 107 Å². The van der Waals surface area contributed by atoms with Gasteiger partial charge in [-0.1, -0.05) is 13.8 Å². The first-order valence-corrected chi connectivity index (χ1v) is 6.14. The first kappa shape index (κ1) is 14.4. The van der Waals surface area contributed by atoms with Crippen molar-refractivity contribution in [1.82, 2.24) is 10.2 Å². The normalized spacial score (nSPS) is 10.7. The molecule has 0 radical (unpaired) electrons. The third kappa shape index (κ3) is 4.00. The van der Waals surface area contributed by atoms with Crippen LogP contribution in [-0.4, -0.2) is 37.0 Å². The van der Waals surface area contributed by atoms with E-state index in [0.717, 1.165) is 25.7 Å². The molecule has 0 fully saturated rings. The fraction of sp³-hybridized carbons (Fsp3) is 0.462. The van der Waals surface area contributed by atoms with Crippen molar-refractivity contribution in [2.75, 3.05) is 31.9 Å². The van der Waals surface area contributed by atoms with Crippen molar-refractivity contribution in [2.24, 2.45) is 0 Å². The van der Waals surface area contributed by atoms with E-state index in [2.05, 4.69) is 24.1 Å². The lowest BCUT2D eigenvalue weighted by atomic mass is 10.1. The molecule has 0 aliphatic rings. The zero-order chi connectivity index (χ0) is 13.5. The zero-order valence-corrected chi connectivity index (χ0v) is 10.9. The van der Waals surface area contributed by atoms with Gasteiger partial charge in [-0.2, -0.15) is 0 Å². The van der Waals surface area contributed by atoms with Gasteiger partial charge in [0.15, 0.2) is 0 Å². The van der Waals surface area contributed by atoms with Crippen LogP contribution in [0.2, 0.25) is 0 Å². The molecule has 5 heteroatoms. The van der Waals surface area contributed by atoms with Crippen LogP contribution in [0.4, 0.5) is 10.1 Å². The molecule has 0 saturated heterocycles. The van der Waals surface area contributed by atoms with Crippen molar-refractivity contribution >= 4 is 11.6 Å². The molecule has 0 unspecified atom stereocenters. The summed E-state index contributed by atoms with van der Waals surface area (Å²) in [7, 11) is 0. The lowest BCUT2D eigenvalue weighted by molar-refractivity contribution is 0.0949. The summed E-state index contributed by atoms with van der Waals surface area (Å²) in [6.07, 6.45) is 0. The SMILES string of the molecule is CCN(CC)CCNC(=O)c1cc(F)ccc1N. The zero-order valence-electron chi connectivity index (χ0n) is 10.9. The maximum absolute atomic E-state index is 13.0. The largest absolute Gasteiger partial charge is 0.398 e. The van der Waals surface area contributed by atoms with Gasteiger partial charge in [0.1, 0.15) is 5.82 Å². The molecule has 18 heavy (non-hydrogen) atoms. The molecule has 1 amide bonds. The topological polar surface area (TPSA) is 58.4 Å². The number of rotatable bonds is 6. The third-order valence-electron chi connectivity index (χ3n) is 2.87. The van der Waals surface area contributed by atoms with Gasteiger partial charge in [0.2, 0.25) is 0 Å². The van der Waals surface area contributed by atoms with Gasteiger partial charge in [0.25, 0.3) is 5.91 Å². The van der Waals surface area contributed by atoms with Crippen molar-refractivity contribution in [1.29, 1.82) is 0 Å². The van der Waals surface area contributed by atoms with Crippen LogP contribution in [0, 0.1) is 5.82 Å². The van der Waals surface area contributed by atoms with Gasteiger partial charge in [-0.15, -0.1) is 0 Å². The van der Waals surface area contributed by atoms with Crippen molar-refractivity contribution in [3.8, 4) is 0 Å². The second kappa shape index (κ2) is 6.96. The molecule has 0 spiro atoms. The van der Waals surface area contributed by atoms with Crippen molar-refractivity contribution < 1.29 is 9.18 Å². The van der Waals surface area contributed by atoms with Crippen LogP contribution in [0.25, 0.3) is 0 Å². The Morgan fingerprint density at radius 2 is 2.06 bits per heavy atom. The Morgan fingerprint density at radius 1 is 1.39 bits per heavy atom. The molecule has 100 valence electrons. The number of amides is 1. The maximum atomic E-state index is 13.0. The summed E-state index contributed by atoms with van der Waals surface area (Å²) in [5.74, 6) is -0.794. The van der Waals surface area contributed by atoms with Crippen LogP contribution in [0.15, 0.2) is 18.2 Å². The smallest absolute Gasteiger partial charge is 0.253 e. The molecule has 0 aliphatic carbocycles. The summed E-state index contributed by atoms with van der Waals surface area (Å²) < 4.78 is 13.0. The van der Waals surface area contributed by atoms with E-state index >= 15 is 0 Å². The molecular weight excluding hydrogens is 233 g/mol. The van der Waals surface area contributed by atoms with Gasteiger partial charge >= 0.3 is 0 Å². The molecule has 3 N–H and O–H groups in total. The molecule has 1 aromatic rings. The first-order valence-electron chi connectivity index (χ1n) is 6.14. The first-order chi connectivity index (χ1) is 8.58. The predicted molar refractivity (Wildman–Crippen MR) is 70.9 cm³/mol. The van der Waals surface area contributed by atoms with Gasteiger partial charge in [0, 0.05) is 18.8 Å². The van der Waals surface area contributed by atoms with Crippen molar-refractivity contribution in [2.45, 2.75) is 13.8 Å². The van der Waals surface area contributed by atoms with E-state index < -0.39 is 5.82 Å². The van der Waals surface area contributed by atoms with E-state index in [0.29, 0.717) is 6.54 Å². The number of hydrogen-bond acceptors (Lipinski definition) is 3. The van der Waals surface area contributed by atoms with E-state index in [9.17, 15) is 9.18 Å². The Bertz CT molecular complexity index is 405. The van der Waals surface area contributed by atoms with Crippen LogP contribution in [-0.2, 0) is 0 Å². The second-order valence-corrected chi connectivity index (χ2v) is 4.01. The summed E-state index contributed by atoms with van der Waals surface area (Å²) in [6.45, 7) is 7.30.